The maximum absolute atomic E-state index is 11.5. The number of hydrogen-bond donors (Lipinski definition) is 4. The van der Waals surface area contributed by atoms with Crippen LogP contribution in [0.15, 0.2) is 109 Å². The first kappa shape index (κ1) is 31.3. The van der Waals surface area contributed by atoms with E-state index in [1.807, 2.05) is 92.0 Å². The Hall–Kier alpha value is -4.66. The molecular formula is C35H40N4O4. The number of para-hydroxylation sites is 1. The lowest BCUT2D eigenvalue weighted by Crippen LogP contribution is -2.43. The van der Waals surface area contributed by atoms with Gasteiger partial charge in [-0.15, -0.1) is 0 Å². The number of carboxylic acid groups (broad SMARTS) is 2. The summed E-state index contributed by atoms with van der Waals surface area (Å²) in [5.74, 6) is -1.78. The molecule has 2 atom stereocenters. The minimum absolute atomic E-state index is 0.335. The second-order valence-corrected chi connectivity index (χ2v) is 10.6. The van der Waals surface area contributed by atoms with Crippen LogP contribution in [-0.4, -0.2) is 67.5 Å². The summed E-state index contributed by atoms with van der Waals surface area (Å²) in [5.41, 5.74) is 11.9. The van der Waals surface area contributed by atoms with Gasteiger partial charge in [-0.25, -0.2) is 4.79 Å². The van der Waals surface area contributed by atoms with Gasteiger partial charge >= 0.3 is 11.9 Å². The number of carbonyl (C=O) groups is 2. The van der Waals surface area contributed by atoms with Gasteiger partial charge in [-0.2, -0.15) is 0 Å². The number of nitrogens with zero attached hydrogens (tertiary/aromatic N) is 2. The number of hydrogen-bond acceptors (Lipinski definition) is 6. The summed E-state index contributed by atoms with van der Waals surface area (Å²) in [6.07, 6.45) is 0.823. The number of likely N-dealkylation sites (N-methyl/N-ethyl adjacent to an activating group) is 1. The molecule has 0 unspecified atom stereocenters. The van der Waals surface area contributed by atoms with Crippen molar-refractivity contribution in [3.8, 4) is 11.1 Å². The topological polar surface area (TPSA) is 119 Å². The first-order valence-electron chi connectivity index (χ1n) is 14.5. The number of carboxylic acids is 2. The second-order valence-electron chi connectivity index (χ2n) is 10.6. The van der Waals surface area contributed by atoms with Crippen molar-refractivity contribution in [1.82, 2.24) is 5.32 Å². The average molecular weight is 581 g/mol. The molecule has 1 aliphatic rings. The van der Waals surface area contributed by atoms with Crippen LogP contribution >= 0.6 is 0 Å². The number of anilines is 2. The van der Waals surface area contributed by atoms with Gasteiger partial charge in [0.2, 0.25) is 0 Å². The molecule has 4 aromatic rings. The number of rotatable bonds is 10. The third-order valence-electron chi connectivity index (χ3n) is 7.57. The highest BCUT2D eigenvalue weighted by Gasteiger charge is 2.23. The summed E-state index contributed by atoms with van der Waals surface area (Å²) in [6, 6.07) is 34.3. The Kier molecular flexibility index (Phi) is 11.3. The van der Waals surface area contributed by atoms with Crippen LogP contribution in [0.2, 0.25) is 0 Å². The molecule has 0 saturated carbocycles. The fourth-order valence-corrected chi connectivity index (χ4v) is 5.08. The normalized spacial score (nSPS) is 14.1. The number of nitrogens with two attached hydrogens (primary N) is 1. The molecule has 1 fully saturated rings. The van der Waals surface area contributed by atoms with Crippen molar-refractivity contribution in [2.45, 2.75) is 24.9 Å². The third-order valence-corrected chi connectivity index (χ3v) is 7.57. The van der Waals surface area contributed by atoms with Gasteiger partial charge in [-0.05, 0) is 52.9 Å². The largest absolute Gasteiger partial charge is 0.480 e. The molecule has 0 aliphatic carbocycles. The van der Waals surface area contributed by atoms with E-state index in [1.165, 1.54) is 5.69 Å². The Morgan fingerprint density at radius 2 is 1.37 bits per heavy atom. The predicted octanol–water partition coefficient (Wildman–Crippen LogP) is 4.54. The molecule has 0 bridgehead atoms. The van der Waals surface area contributed by atoms with Gasteiger partial charge in [0.15, 0.2) is 0 Å². The van der Waals surface area contributed by atoms with Crippen molar-refractivity contribution in [3.63, 3.8) is 0 Å². The van der Waals surface area contributed by atoms with Gasteiger partial charge in [0.1, 0.15) is 12.1 Å². The molecule has 8 nitrogen and oxygen atoms in total. The first-order chi connectivity index (χ1) is 20.8. The molecular weight excluding hydrogens is 540 g/mol. The van der Waals surface area contributed by atoms with Crippen LogP contribution in [0.25, 0.3) is 11.1 Å². The third kappa shape index (κ3) is 9.16. The van der Waals surface area contributed by atoms with Gasteiger partial charge < -0.3 is 31.1 Å². The summed E-state index contributed by atoms with van der Waals surface area (Å²) in [4.78, 5) is 26.6. The van der Waals surface area contributed by atoms with Crippen molar-refractivity contribution in [2.24, 2.45) is 5.73 Å². The summed E-state index contributed by atoms with van der Waals surface area (Å²) in [6.45, 7) is 4.10. The van der Waals surface area contributed by atoms with Gasteiger partial charge in [-0.1, -0.05) is 84.9 Å². The molecule has 1 saturated heterocycles. The Balaban J connectivity index is 0.000000203. The quantitative estimate of drug-likeness (QED) is 0.216. The lowest BCUT2D eigenvalue weighted by Gasteiger charge is -2.29. The van der Waals surface area contributed by atoms with E-state index in [0.29, 0.717) is 12.8 Å². The van der Waals surface area contributed by atoms with Gasteiger partial charge in [0.25, 0.3) is 0 Å². The zero-order valence-electron chi connectivity index (χ0n) is 24.5. The Morgan fingerprint density at radius 1 is 0.767 bits per heavy atom. The number of nitrogens with one attached hydrogen (secondary N) is 1. The molecule has 1 aliphatic heterocycles. The zero-order valence-corrected chi connectivity index (χ0v) is 24.5. The summed E-state index contributed by atoms with van der Waals surface area (Å²) >= 11 is 0. The lowest BCUT2D eigenvalue weighted by atomic mass is 9.99. The van der Waals surface area contributed by atoms with E-state index in [1.54, 1.807) is 4.90 Å². The summed E-state index contributed by atoms with van der Waals surface area (Å²) < 4.78 is 0. The van der Waals surface area contributed by atoms with Crippen molar-refractivity contribution in [2.75, 3.05) is 43.0 Å². The Labute approximate surface area is 253 Å². The summed E-state index contributed by atoms with van der Waals surface area (Å²) in [7, 11) is 1.82. The molecule has 0 amide bonds. The summed E-state index contributed by atoms with van der Waals surface area (Å²) in [5, 5.41) is 21.7. The van der Waals surface area contributed by atoms with E-state index in [4.69, 9.17) is 10.8 Å². The van der Waals surface area contributed by atoms with E-state index < -0.39 is 24.0 Å². The maximum Gasteiger partial charge on any atom is 0.326 e. The van der Waals surface area contributed by atoms with Crippen LogP contribution < -0.4 is 20.9 Å². The molecule has 1 heterocycles. The van der Waals surface area contributed by atoms with E-state index in [-0.39, 0.29) is 0 Å². The van der Waals surface area contributed by atoms with Crippen LogP contribution in [0.3, 0.4) is 0 Å². The maximum atomic E-state index is 11.5. The van der Waals surface area contributed by atoms with Crippen LogP contribution in [0, 0.1) is 0 Å². The first-order valence-corrected chi connectivity index (χ1v) is 14.5. The molecule has 8 heteroatoms. The monoisotopic (exact) mass is 580 g/mol. The molecule has 4 aromatic carbocycles. The van der Waals surface area contributed by atoms with Crippen molar-refractivity contribution >= 4 is 23.3 Å². The van der Waals surface area contributed by atoms with Crippen molar-refractivity contribution < 1.29 is 19.8 Å². The van der Waals surface area contributed by atoms with Gasteiger partial charge in [0, 0.05) is 51.0 Å². The van der Waals surface area contributed by atoms with E-state index in [0.717, 1.165) is 54.1 Å². The van der Waals surface area contributed by atoms with Gasteiger partial charge in [-0.3, -0.25) is 4.79 Å². The highest BCUT2D eigenvalue weighted by molar-refractivity contribution is 5.78. The minimum atomic E-state index is -0.972. The zero-order chi connectivity index (χ0) is 30.6. The van der Waals surface area contributed by atoms with Crippen molar-refractivity contribution in [1.29, 1.82) is 0 Å². The SMILES string of the molecule is CN(c1ccccc1)[C@@H](Cc1ccccc1)C(=O)O.N[C@@H](Cc1cccc(-c2ccc(N3CCNCC3)cc2)c1)C(=O)O. The minimum Gasteiger partial charge on any atom is -0.480 e. The Bertz CT molecular complexity index is 1440. The molecule has 0 radical (unpaired) electrons. The Morgan fingerprint density at radius 3 is 1.98 bits per heavy atom. The van der Waals surface area contributed by atoms with E-state index in [2.05, 4.69) is 34.5 Å². The van der Waals surface area contributed by atoms with Crippen LogP contribution in [0.5, 0.6) is 0 Å². The molecule has 0 spiro atoms. The fourth-order valence-electron chi connectivity index (χ4n) is 5.08. The van der Waals surface area contributed by atoms with E-state index >= 15 is 0 Å². The second kappa shape index (κ2) is 15.5. The van der Waals surface area contributed by atoms with Crippen LogP contribution in [0.1, 0.15) is 11.1 Å². The molecule has 43 heavy (non-hydrogen) atoms. The number of aliphatic carboxylic acids is 2. The number of benzene rings is 4. The highest BCUT2D eigenvalue weighted by atomic mass is 16.4. The molecule has 0 aromatic heterocycles. The predicted molar refractivity (Wildman–Crippen MR) is 173 cm³/mol. The smallest absolute Gasteiger partial charge is 0.326 e. The van der Waals surface area contributed by atoms with Gasteiger partial charge in [0.05, 0.1) is 0 Å². The highest BCUT2D eigenvalue weighted by Crippen LogP contribution is 2.25. The van der Waals surface area contributed by atoms with Crippen molar-refractivity contribution in [3.05, 3.63) is 120 Å². The fraction of sp³-hybridized carbons (Fsp3) is 0.257. The molecule has 5 N–H and O–H groups in total. The lowest BCUT2D eigenvalue weighted by molar-refractivity contribution is -0.139. The van der Waals surface area contributed by atoms with Crippen LogP contribution in [-0.2, 0) is 22.4 Å². The average Bonchev–Trinajstić information content (AvgIpc) is 3.05. The molecule has 5 rings (SSSR count). The molecule has 224 valence electrons. The number of piperazine rings is 1. The van der Waals surface area contributed by atoms with E-state index in [9.17, 15) is 14.7 Å². The van der Waals surface area contributed by atoms with Crippen LogP contribution in [0.4, 0.5) is 11.4 Å². The standard InChI is InChI=1S/C19H23N3O2.C16H17NO2/c20-18(19(23)24)13-14-2-1-3-16(12-14)15-4-6-17(7-5-15)22-10-8-21-9-11-22;1-17(14-10-6-3-7-11-14)15(16(18)19)12-13-8-4-2-5-9-13/h1-7,12,18,21H,8-11,13,20H2,(H,23,24);2-11,15H,12H2,1H3,(H,18,19)/t18-;15-/m00/s1.